The molecule has 0 radical (unpaired) electrons. The van der Waals surface area contributed by atoms with Crippen molar-refractivity contribution in [2.75, 3.05) is 20.1 Å². The molecule has 3 nitrogen and oxygen atoms in total. The summed E-state index contributed by atoms with van der Waals surface area (Å²) in [7, 11) is 2.06. The minimum Gasteiger partial charge on any atom is -0.311 e. The summed E-state index contributed by atoms with van der Waals surface area (Å²) < 4.78 is 0. The molecule has 1 N–H and O–H groups in total. The van der Waals surface area contributed by atoms with E-state index in [-0.39, 0.29) is 11.6 Å². The molecule has 2 aromatic rings. The third-order valence-electron chi connectivity index (χ3n) is 4.93. The molecule has 1 aliphatic rings. The molecule has 1 fully saturated rings. The van der Waals surface area contributed by atoms with Crippen LogP contribution in [0.4, 0.5) is 0 Å². The minimum absolute atomic E-state index is 0.0804. The molecule has 0 saturated carbocycles. The van der Waals surface area contributed by atoms with Crippen LogP contribution in [0.15, 0.2) is 36.7 Å². The molecule has 1 saturated heterocycles. The lowest BCUT2D eigenvalue weighted by Crippen LogP contribution is -2.50. The van der Waals surface area contributed by atoms with Crippen molar-refractivity contribution in [3.05, 3.63) is 42.2 Å². The Morgan fingerprint density at radius 2 is 1.86 bits per heavy atom. The highest BCUT2D eigenvalue weighted by molar-refractivity contribution is 5.85. The summed E-state index contributed by atoms with van der Waals surface area (Å²) in [6.07, 6.45) is 6.61. The van der Waals surface area contributed by atoms with Gasteiger partial charge in [-0.1, -0.05) is 24.3 Å². The third-order valence-corrected chi connectivity index (χ3v) is 4.93. The first-order valence-corrected chi connectivity index (χ1v) is 7.89. The molecule has 2 heterocycles. The second-order valence-electron chi connectivity index (χ2n) is 6.52. The van der Waals surface area contributed by atoms with Crippen molar-refractivity contribution in [3.8, 4) is 0 Å². The number of aromatic nitrogens is 1. The van der Waals surface area contributed by atoms with Gasteiger partial charge in [-0.25, -0.2) is 0 Å². The van der Waals surface area contributed by atoms with E-state index in [1.165, 1.54) is 42.3 Å². The van der Waals surface area contributed by atoms with Gasteiger partial charge in [0.05, 0.1) is 6.04 Å². The minimum atomic E-state index is 0.0804. The van der Waals surface area contributed by atoms with E-state index in [2.05, 4.69) is 60.4 Å². The van der Waals surface area contributed by atoms with Crippen LogP contribution in [0, 0.1) is 0 Å². The molecular formula is C18H25N3. The molecule has 0 bridgehead atoms. The van der Waals surface area contributed by atoms with Gasteiger partial charge in [-0.3, -0.25) is 9.88 Å². The molecule has 1 aliphatic heterocycles. The van der Waals surface area contributed by atoms with Crippen molar-refractivity contribution in [2.24, 2.45) is 0 Å². The predicted molar refractivity (Wildman–Crippen MR) is 88.4 cm³/mol. The van der Waals surface area contributed by atoms with Gasteiger partial charge in [-0.15, -0.1) is 0 Å². The molecule has 112 valence electrons. The molecule has 1 aromatic carbocycles. The Kier molecular flexibility index (Phi) is 3.96. The first kappa shape index (κ1) is 14.5. The predicted octanol–water partition coefficient (Wildman–Crippen LogP) is 3.37. The van der Waals surface area contributed by atoms with Crippen LogP contribution in [0.1, 0.15) is 38.3 Å². The standard InChI is InChI=1S/C18H25N3/c1-18(2,21-10-6-7-11-21)17(19-3)16-13-20-12-14-8-4-5-9-15(14)16/h4-5,8-9,12-13,17,19H,6-7,10-11H2,1-3H3. The third kappa shape index (κ3) is 2.56. The Balaban J connectivity index is 2.05. The fourth-order valence-corrected chi connectivity index (χ4v) is 3.74. The summed E-state index contributed by atoms with van der Waals surface area (Å²) in [6, 6.07) is 8.81. The fourth-order valence-electron chi connectivity index (χ4n) is 3.74. The summed E-state index contributed by atoms with van der Waals surface area (Å²) >= 11 is 0. The Bertz CT molecular complexity index is 609. The van der Waals surface area contributed by atoms with Gasteiger partial charge in [0.15, 0.2) is 0 Å². The van der Waals surface area contributed by atoms with Crippen molar-refractivity contribution in [1.82, 2.24) is 15.2 Å². The molecule has 1 aromatic heterocycles. The van der Waals surface area contributed by atoms with Gasteiger partial charge in [0.2, 0.25) is 0 Å². The molecule has 3 heteroatoms. The van der Waals surface area contributed by atoms with Gasteiger partial charge in [0, 0.05) is 23.3 Å². The zero-order valence-electron chi connectivity index (χ0n) is 13.3. The smallest absolute Gasteiger partial charge is 0.0520 e. The van der Waals surface area contributed by atoms with Gasteiger partial charge in [0.1, 0.15) is 0 Å². The second kappa shape index (κ2) is 5.74. The van der Waals surface area contributed by atoms with Crippen molar-refractivity contribution < 1.29 is 0 Å². The van der Waals surface area contributed by atoms with Crippen molar-refractivity contribution in [2.45, 2.75) is 38.3 Å². The van der Waals surface area contributed by atoms with E-state index in [0.29, 0.717) is 0 Å². The van der Waals surface area contributed by atoms with E-state index in [4.69, 9.17) is 0 Å². The highest BCUT2D eigenvalue weighted by Gasteiger charge is 2.37. The van der Waals surface area contributed by atoms with Gasteiger partial charge in [-0.05, 0) is 57.8 Å². The maximum atomic E-state index is 4.46. The number of pyridine rings is 1. The van der Waals surface area contributed by atoms with Gasteiger partial charge < -0.3 is 5.32 Å². The lowest BCUT2D eigenvalue weighted by atomic mass is 9.86. The monoisotopic (exact) mass is 283 g/mol. The van der Waals surface area contributed by atoms with E-state index in [1.54, 1.807) is 0 Å². The number of benzene rings is 1. The number of nitrogens with one attached hydrogen (secondary N) is 1. The topological polar surface area (TPSA) is 28.2 Å². The number of fused-ring (bicyclic) bond motifs is 1. The number of likely N-dealkylation sites (N-methyl/N-ethyl adjacent to an activating group) is 1. The van der Waals surface area contributed by atoms with E-state index in [9.17, 15) is 0 Å². The average Bonchev–Trinajstić information content (AvgIpc) is 3.03. The summed E-state index contributed by atoms with van der Waals surface area (Å²) in [5, 5.41) is 6.07. The van der Waals surface area contributed by atoms with E-state index in [1.807, 2.05) is 12.4 Å². The van der Waals surface area contributed by atoms with Crippen LogP contribution in [0.25, 0.3) is 10.8 Å². The zero-order chi connectivity index (χ0) is 14.9. The van der Waals surface area contributed by atoms with Crippen LogP contribution < -0.4 is 5.32 Å². The number of rotatable bonds is 4. The quantitative estimate of drug-likeness (QED) is 0.932. The Morgan fingerprint density at radius 3 is 2.57 bits per heavy atom. The largest absolute Gasteiger partial charge is 0.311 e. The van der Waals surface area contributed by atoms with Crippen LogP contribution in [0.3, 0.4) is 0 Å². The maximum Gasteiger partial charge on any atom is 0.0520 e. The fraction of sp³-hybridized carbons (Fsp3) is 0.500. The molecule has 0 aliphatic carbocycles. The Labute approximate surface area is 127 Å². The Hall–Kier alpha value is -1.45. The second-order valence-corrected chi connectivity index (χ2v) is 6.52. The molecular weight excluding hydrogens is 258 g/mol. The van der Waals surface area contributed by atoms with Crippen LogP contribution in [-0.4, -0.2) is 35.6 Å². The molecule has 3 rings (SSSR count). The zero-order valence-corrected chi connectivity index (χ0v) is 13.3. The van der Waals surface area contributed by atoms with Gasteiger partial charge >= 0.3 is 0 Å². The Morgan fingerprint density at radius 1 is 1.14 bits per heavy atom. The average molecular weight is 283 g/mol. The van der Waals surface area contributed by atoms with Gasteiger partial charge in [-0.2, -0.15) is 0 Å². The first-order chi connectivity index (χ1) is 10.1. The first-order valence-electron chi connectivity index (χ1n) is 7.89. The van der Waals surface area contributed by atoms with Crippen LogP contribution in [0.2, 0.25) is 0 Å². The van der Waals surface area contributed by atoms with Crippen LogP contribution in [0.5, 0.6) is 0 Å². The summed E-state index contributed by atoms with van der Waals surface area (Å²) in [5.74, 6) is 0. The SMILES string of the molecule is CNC(c1cncc2ccccc12)C(C)(C)N1CCCC1. The highest BCUT2D eigenvalue weighted by atomic mass is 15.2. The highest BCUT2D eigenvalue weighted by Crippen LogP contribution is 2.35. The molecule has 0 amide bonds. The number of nitrogens with zero attached hydrogens (tertiary/aromatic N) is 2. The summed E-state index contributed by atoms with van der Waals surface area (Å²) in [5.41, 5.74) is 1.38. The van der Waals surface area contributed by atoms with Crippen molar-refractivity contribution in [3.63, 3.8) is 0 Å². The number of hydrogen-bond acceptors (Lipinski definition) is 3. The molecule has 1 unspecified atom stereocenters. The maximum absolute atomic E-state index is 4.46. The van der Waals surface area contributed by atoms with Gasteiger partial charge in [0.25, 0.3) is 0 Å². The van der Waals surface area contributed by atoms with Crippen molar-refractivity contribution >= 4 is 10.8 Å². The van der Waals surface area contributed by atoms with E-state index in [0.717, 1.165) is 0 Å². The number of hydrogen-bond donors (Lipinski definition) is 1. The molecule has 1 atom stereocenters. The lowest BCUT2D eigenvalue weighted by molar-refractivity contribution is 0.111. The van der Waals surface area contributed by atoms with Crippen molar-refractivity contribution in [1.29, 1.82) is 0 Å². The van der Waals surface area contributed by atoms with Crippen LogP contribution >= 0.6 is 0 Å². The number of likely N-dealkylation sites (tertiary alicyclic amines) is 1. The van der Waals surface area contributed by atoms with Crippen LogP contribution in [-0.2, 0) is 0 Å². The molecule has 21 heavy (non-hydrogen) atoms. The van der Waals surface area contributed by atoms with E-state index < -0.39 is 0 Å². The molecule has 0 spiro atoms. The lowest BCUT2D eigenvalue weighted by Gasteiger charge is -2.42. The summed E-state index contributed by atoms with van der Waals surface area (Å²) in [4.78, 5) is 7.07. The van der Waals surface area contributed by atoms with E-state index >= 15 is 0 Å². The summed E-state index contributed by atoms with van der Waals surface area (Å²) in [6.45, 7) is 7.09. The normalized spacial score (nSPS) is 18.2.